The van der Waals surface area contributed by atoms with Crippen molar-refractivity contribution < 1.29 is 0 Å². The van der Waals surface area contributed by atoms with Crippen LogP contribution in [0, 0.1) is 6.92 Å². The highest BCUT2D eigenvalue weighted by molar-refractivity contribution is 5.77. The summed E-state index contributed by atoms with van der Waals surface area (Å²) in [6, 6.07) is 26.4. The molecule has 0 atom stereocenters. The Morgan fingerprint density at radius 2 is 1.43 bits per heavy atom. The standard InChI is InChI=1S/C24H24N6/c1-18-9-8-14-21(28-18)29-23-22(25)24(27-17-26-23)30(15-19-10-4-2-5-11-19)16-20-12-6-3-7-13-20/h2-14,17H,15-16,25H2,1H3,(H,26,27,28,29). The van der Waals surface area contributed by atoms with E-state index in [2.05, 4.69) is 49.4 Å². The normalized spacial score (nSPS) is 10.6. The van der Waals surface area contributed by atoms with E-state index >= 15 is 0 Å². The fraction of sp³-hybridized carbons (Fsp3) is 0.125. The number of pyridine rings is 1. The van der Waals surface area contributed by atoms with Crippen LogP contribution in [0.3, 0.4) is 0 Å². The summed E-state index contributed by atoms with van der Waals surface area (Å²) in [5.41, 5.74) is 10.3. The zero-order chi connectivity index (χ0) is 20.8. The van der Waals surface area contributed by atoms with Crippen LogP contribution in [-0.4, -0.2) is 15.0 Å². The molecule has 4 rings (SSSR count). The van der Waals surface area contributed by atoms with Crippen molar-refractivity contribution in [1.82, 2.24) is 15.0 Å². The third-order valence-corrected chi connectivity index (χ3v) is 4.73. The summed E-state index contributed by atoms with van der Waals surface area (Å²) >= 11 is 0. The van der Waals surface area contributed by atoms with Crippen LogP contribution in [0.15, 0.2) is 85.2 Å². The van der Waals surface area contributed by atoms with E-state index in [0.29, 0.717) is 36.2 Å². The van der Waals surface area contributed by atoms with Crippen LogP contribution in [0.25, 0.3) is 0 Å². The van der Waals surface area contributed by atoms with Crippen LogP contribution in [0.4, 0.5) is 23.1 Å². The van der Waals surface area contributed by atoms with Gasteiger partial charge in [0, 0.05) is 18.8 Å². The highest BCUT2D eigenvalue weighted by Crippen LogP contribution is 2.30. The van der Waals surface area contributed by atoms with Crippen LogP contribution in [0.1, 0.15) is 16.8 Å². The Morgan fingerprint density at radius 3 is 2.03 bits per heavy atom. The molecule has 150 valence electrons. The number of anilines is 4. The van der Waals surface area contributed by atoms with E-state index in [4.69, 9.17) is 5.73 Å². The van der Waals surface area contributed by atoms with Gasteiger partial charge in [-0.1, -0.05) is 66.7 Å². The number of aromatic nitrogens is 3. The van der Waals surface area contributed by atoms with Crippen molar-refractivity contribution in [3.63, 3.8) is 0 Å². The minimum absolute atomic E-state index is 0.493. The van der Waals surface area contributed by atoms with Gasteiger partial charge in [-0.05, 0) is 30.2 Å². The molecule has 30 heavy (non-hydrogen) atoms. The average molecular weight is 396 g/mol. The molecular formula is C24H24N6. The van der Waals surface area contributed by atoms with Gasteiger partial charge in [-0.15, -0.1) is 0 Å². The summed E-state index contributed by atoms with van der Waals surface area (Å²) in [5.74, 6) is 1.93. The van der Waals surface area contributed by atoms with Crippen molar-refractivity contribution >= 4 is 23.1 Å². The van der Waals surface area contributed by atoms with E-state index in [-0.39, 0.29) is 0 Å². The Kier molecular flexibility index (Phi) is 5.85. The molecule has 0 fully saturated rings. The lowest BCUT2D eigenvalue weighted by Gasteiger charge is -2.26. The second-order valence-corrected chi connectivity index (χ2v) is 7.08. The molecule has 3 N–H and O–H groups in total. The molecule has 0 unspecified atom stereocenters. The van der Waals surface area contributed by atoms with Gasteiger partial charge in [0.1, 0.15) is 17.8 Å². The fourth-order valence-corrected chi connectivity index (χ4v) is 3.29. The molecule has 0 saturated heterocycles. The van der Waals surface area contributed by atoms with Crippen LogP contribution in [0.2, 0.25) is 0 Å². The molecule has 0 spiro atoms. The summed E-state index contributed by atoms with van der Waals surface area (Å²) in [4.78, 5) is 15.5. The third kappa shape index (κ3) is 4.72. The zero-order valence-electron chi connectivity index (χ0n) is 16.9. The number of nitrogens with two attached hydrogens (primary N) is 1. The van der Waals surface area contributed by atoms with Crippen LogP contribution < -0.4 is 16.0 Å². The van der Waals surface area contributed by atoms with Gasteiger partial charge < -0.3 is 16.0 Å². The summed E-state index contributed by atoms with van der Waals surface area (Å²) in [7, 11) is 0. The lowest BCUT2D eigenvalue weighted by atomic mass is 10.1. The molecule has 4 aromatic rings. The average Bonchev–Trinajstić information content (AvgIpc) is 2.76. The monoisotopic (exact) mass is 396 g/mol. The van der Waals surface area contributed by atoms with Crippen molar-refractivity contribution in [2.24, 2.45) is 0 Å². The lowest BCUT2D eigenvalue weighted by Crippen LogP contribution is -2.24. The Morgan fingerprint density at radius 1 is 0.800 bits per heavy atom. The maximum atomic E-state index is 6.52. The Labute approximate surface area is 176 Å². The smallest absolute Gasteiger partial charge is 0.160 e. The molecule has 0 aliphatic rings. The van der Waals surface area contributed by atoms with Gasteiger partial charge in [0.05, 0.1) is 0 Å². The van der Waals surface area contributed by atoms with Gasteiger partial charge in [-0.2, -0.15) is 0 Å². The van der Waals surface area contributed by atoms with Crippen molar-refractivity contribution in [3.8, 4) is 0 Å². The number of hydrogen-bond acceptors (Lipinski definition) is 6. The van der Waals surface area contributed by atoms with Crippen molar-refractivity contribution in [2.45, 2.75) is 20.0 Å². The molecule has 0 aliphatic carbocycles. The van der Waals surface area contributed by atoms with Gasteiger partial charge in [-0.25, -0.2) is 15.0 Å². The fourth-order valence-electron chi connectivity index (χ4n) is 3.29. The molecule has 0 saturated carbocycles. The van der Waals surface area contributed by atoms with Gasteiger partial charge in [0.2, 0.25) is 0 Å². The Bertz CT molecular complexity index is 1060. The topological polar surface area (TPSA) is 80.0 Å². The van der Waals surface area contributed by atoms with Gasteiger partial charge in [0.25, 0.3) is 0 Å². The second kappa shape index (κ2) is 9.05. The number of benzene rings is 2. The first-order valence-corrected chi connectivity index (χ1v) is 9.83. The number of nitrogens with one attached hydrogen (secondary N) is 1. The molecule has 2 heterocycles. The van der Waals surface area contributed by atoms with Crippen molar-refractivity contribution in [3.05, 3.63) is 102 Å². The second-order valence-electron chi connectivity index (χ2n) is 7.08. The first-order valence-electron chi connectivity index (χ1n) is 9.83. The van der Waals surface area contributed by atoms with Crippen molar-refractivity contribution in [2.75, 3.05) is 16.0 Å². The van der Waals surface area contributed by atoms with E-state index in [0.717, 1.165) is 5.69 Å². The van der Waals surface area contributed by atoms with Gasteiger partial charge in [0.15, 0.2) is 11.6 Å². The molecule has 0 bridgehead atoms. The van der Waals surface area contributed by atoms with Crippen LogP contribution in [0.5, 0.6) is 0 Å². The Hall–Kier alpha value is -3.93. The molecule has 0 aliphatic heterocycles. The van der Waals surface area contributed by atoms with Gasteiger partial charge in [-0.3, -0.25) is 0 Å². The highest BCUT2D eigenvalue weighted by Gasteiger charge is 2.17. The first-order chi connectivity index (χ1) is 14.7. The van der Waals surface area contributed by atoms with Crippen molar-refractivity contribution in [1.29, 1.82) is 0 Å². The highest BCUT2D eigenvalue weighted by atomic mass is 15.2. The predicted octanol–water partition coefficient (Wildman–Crippen LogP) is 4.71. The summed E-state index contributed by atoms with van der Waals surface area (Å²) in [5, 5.41) is 3.22. The largest absolute Gasteiger partial charge is 0.393 e. The molecule has 0 radical (unpaired) electrons. The number of hydrogen-bond donors (Lipinski definition) is 2. The van der Waals surface area contributed by atoms with E-state index in [9.17, 15) is 0 Å². The molecule has 2 aromatic carbocycles. The Balaban J connectivity index is 1.67. The SMILES string of the molecule is Cc1cccc(Nc2ncnc(N(Cc3ccccc3)Cc3ccccc3)c2N)n1. The lowest BCUT2D eigenvalue weighted by molar-refractivity contribution is 0.782. The number of nitrogen functional groups attached to an aromatic ring is 1. The van der Waals surface area contributed by atoms with E-state index in [1.807, 2.05) is 61.5 Å². The van der Waals surface area contributed by atoms with E-state index in [1.54, 1.807) is 0 Å². The molecule has 2 aromatic heterocycles. The number of rotatable bonds is 7. The molecular weight excluding hydrogens is 372 g/mol. The maximum Gasteiger partial charge on any atom is 0.160 e. The maximum absolute atomic E-state index is 6.52. The first kappa shape index (κ1) is 19.4. The number of aryl methyl sites for hydroxylation is 1. The van der Waals surface area contributed by atoms with E-state index in [1.165, 1.54) is 17.5 Å². The predicted molar refractivity (Wildman–Crippen MR) is 121 cm³/mol. The third-order valence-electron chi connectivity index (χ3n) is 4.73. The molecule has 6 heteroatoms. The molecule has 6 nitrogen and oxygen atoms in total. The quantitative estimate of drug-likeness (QED) is 0.471. The zero-order valence-corrected chi connectivity index (χ0v) is 16.9. The minimum atomic E-state index is 0.493. The van der Waals surface area contributed by atoms with Gasteiger partial charge >= 0.3 is 0 Å². The number of nitrogens with zero attached hydrogens (tertiary/aromatic N) is 4. The van der Waals surface area contributed by atoms with Crippen LogP contribution >= 0.6 is 0 Å². The summed E-state index contributed by atoms with van der Waals surface area (Å²) in [6.45, 7) is 3.31. The summed E-state index contributed by atoms with van der Waals surface area (Å²) in [6.07, 6.45) is 1.53. The minimum Gasteiger partial charge on any atom is -0.393 e. The summed E-state index contributed by atoms with van der Waals surface area (Å²) < 4.78 is 0. The molecule has 0 amide bonds. The van der Waals surface area contributed by atoms with E-state index < -0.39 is 0 Å². The van der Waals surface area contributed by atoms with Crippen LogP contribution in [-0.2, 0) is 13.1 Å².